The highest BCUT2D eigenvalue weighted by molar-refractivity contribution is 9.10. The molecular formula is C13H13BrN2OS. The number of carbonyl (C=O) groups is 1. The molecule has 3 nitrogen and oxygen atoms in total. The molecule has 5 heteroatoms. The van der Waals surface area contributed by atoms with E-state index in [-0.39, 0.29) is 5.91 Å². The van der Waals surface area contributed by atoms with E-state index in [0.717, 1.165) is 16.5 Å². The van der Waals surface area contributed by atoms with Gasteiger partial charge in [0.1, 0.15) is 5.82 Å². The number of carbonyl (C=O) groups excluding carboxylic acids is 1. The largest absolute Gasteiger partial charge is 0.306 e. The molecule has 0 saturated carbocycles. The van der Waals surface area contributed by atoms with Crippen LogP contribution in [-0.4, -0.2) is 10.9 Å². The van der Waals surface area contributed by atoms with Crippen LogP contribution in [0.4, 0.5) is 5.82 Å². The van der Waals surface area contributed by atoms with Crippen molar-refractivity contribution in [2.24, 2.45) is 0 Å². The zero-order valence-corrected chi connectivity index (χ0v) is 12.6. The molecule has 18 heavy (non-hydrogen) atoms. The summed E-state index contributed by atoms with van der Waals surface area (Å²) in [6, 6.07) is 5.68. The summed E-state index contributed by atoms with van der Waals surface area (Å²) in [5.74, 6) is 0.473. The van der Waals surface area contributed by atoms with Crippen LogP contribution in [0, 0.1) is 6.92 Å². The maximum atomic E-state index is 12.0. The molecule has 0 aliphatic rings. The van der Waals surface area contributed by atoms with Crippen LogP contribution < -0.4 is 5.32 Å². The molecule has 1 amide bonds. The van der Waals surface area contributed by atoms with Gasteiger partial charge in [-0.25, -0.2) is 4.98 Å². The van der Waals surface area contributed by atoms with Crippen LogP contribution in [0.2, 0.25) is 0 Å². The highest BCUT2D eigenvalue weighted by Crippen LogP contribution is 2.20. The summed E-state index contributed by atoms with van der Waals surface area (Å²) in [5, 5.41) is 2.80. The summed E-state index contributed by atoms with van der Waals surface area (Å²) in [7, 11) is 0. The van der Waals surface area contributed by atoms with Crippen LogP contribution in [-0.2, 0) is 6.42 Å². The van der Waals surface area contributed by atoms with E-state index >= 15 is 0 Å². The highest BCUT2D eigenvalue weighted by Gasteiger charge is 2.10. The molecule has 0 aliphatic carbocycles. The van der Waals surface area contributed by atoms with Gasteiger partial charge in [-0.2, -0.15) is 0 Å². The Balaban J connectivity index is 2.13. The Hall–Kier alpha value is -1.20. The number of hydrogen-bond acceptors (Lipinski definition) is 3. The molecule has 1 N–H and O–H groups in total. The van der Waals surface area contributed by atoms with Gasteiger partial charge in [0.05, 0.1) is 4.88 Å². The summed E-state index contributed by atoms with van der Waals surface area (Å²) in [5.41, 5.74) is 1.04. The maximum absolute atomic E-state index is 12.0. The third-order valence-electron chi connectivity index (χ3n) is 2.52. The standard InChI is InChI=1S/C13H13BrN2OS/c1-3-9-4-5-11(18-9)13(17)16-12-6-8(2)10(14)7-15-12/h4-7H,3H2,1-2H3,(H,15,16,17). The van der Waals surface area contributed by atoms with Crippen LogP contribution in [0.15, 0.2) is 28.9 Å². The van der Waals surface area contributed by atoms with Crippen molar-refractivity contribution < 1.29 is 4.79 Å². The lowest BCUT2D eigenvalue weighted by Gasteiger charge is -2.04. The molecular weight excluding hydrogens is 312 g/mol. The molecule has 0 fully saturated rings. The van der Waals surface area contributed by atoms with Gasteiger partial charge in [0.2, 0.25) is 0 Å². The molecule has 2 heterocycles. The van der Waals surface area contributed by atoms with Gasteiger partial charge in [0.25, 0.3) is 5.91 Å². The van der Waals surface area contributed by atoms with E-state index in [1.807, 2.05) is 25.1 Å². The van der Waals surface area contributed by atoms with Gasteiger partial charge in [-0.1, -0.05) is 6.92 Å². The quantitative estimate of drug-likeness (QED) is 0.926. The van der Waals surface area contributed by atoms with Crippen molar-refractivity contribution in [3.05, 3.63) is 44.2 Å². The number of hydrogen-bond donors (Lipinski definition) is 1. The second kappa shape index (κ2) is 5.63. The minimum absolute atomic E-state index is 0.103. The number of amides is 1. The second-order valence-corrected chi connectivity index (χ2v) is 5.92. The number of aromatic nitrogens is 1. The summed E-state index contributed by atoms with van der Waals surface area (Å²) in [6.07, 6.45) is 2.64. The molecule has 0 aromatic carbocycles. The fraction of sp³-hybridized carbons (Fsp3) is 0.231. The van der Waals surface area contributed by atoms with E-state index in [1.54, 1.807) is 6.20 Å². The Labute approximate surface area is 118 Å². The third-order valence-corrected chi connectivity index (χ3v) is 4.58. The summed E-state index contributed by atoms with van der Waals surface area (Å²) >= 11 is 4.90. The fourth-order valence-electron chi connectivity index (χ4n) is 1.48. The lowest BCUT2D eigenvalue weighted by Crippen LogP contribution is -2.11. The fourth-order valence-corrected chi connectivity index (χ4v) is 2.54. The summed E-state index contributed by atoms with van der Waals surface area (Å²) in [6.45, 7) is 4.04. The van der Waals surface area contributed by atoms with Gasteiger partial charge in [0.15, 0.2) is 0 Å². The zero-order valence-electron chi connectivity index (χ0n) is 10.2. The van der Waals surface area contributed by atoms with Crippen LogP contribution in [0.5, 0.6) is 0 Å². The summed E-state index contributed by atoms with van der Waals surface area (Å²) < 4.78 is 0.935. The molecule has 0 atom stereocenters. The average Bonchev–Trinajstić information content (AvgIpc) is 2.82. The molecule has 94 valence electrons. The Kier molecular flexibility index (Phi) is 4.14. The molecule has 0 radical (unpaired) electrons. The molecule has 2 aromatic heterocycles. The molecule has 0 spiro atoms. The van der Waals surface area contributed by atoms with Crippen molar-refractivity contribution in [2.45, 2.75) is 20.3 Å². The van der Waals surface area contributed by atoms with Crippen molar-refractivity contribution in [3.63, 3.8) is 0 Å². The van der Waals surface area contributed by atoms with E-state index in [4.69, 9.17) is 0 Å². The number of nitrogens with one attached hydrogen (secondary N) is 1. The van der Waals surface area contributed by atoms with Crippen molar-refractivity contribution in [3.8, 4) is 0 Å². The van der Waals surface area contributed by atoms with E-state index in [1.165, 1.54) is 16.2 Å². The number of pyridine rings is 1. The number of thiophene rings is 1. The van der Waals surface area contributed by atoms with Crippen molar-refractivity contribution in [1.82, 2.24) is 4.98 Å². The first-order valence-corrected chi connectivity index (χ1v) is 7.23. The maximum Gasteiger partial charge on any atom is 0.266 e. The average molecular weight is 325 g/mol. The first-order valence-electron chi connectivity index (χ1n) is 5.62. The number of halogens is 1. The number of aryl methyl sites for hydroxylation is 2. The predicted octanol–water partition coefficient (Wildman–Crippen LogP) is 4.03. The van der Waals surface area contributed by atoms with Crippen LogP contribution >= 0.6 is 27.3 Å². The smallest absolute Gasteiger partial charge is 0.266 e. The Morgan fingerprint density at radius 3 is 2.89 bits per heavy atom. The van der Waals surface area contributed by atoms with E-state index < -0.39 is 0 Å². The summed E-state index contributed by atoms with van der Waals surface area (Å²) in [4.78, 5) is 18.1. The van der Waals surface area contributed by atoms with Gasteiger partial charge in [-0.15, -0.1) is 11.3 Å². The molecule has 2 aromatic rings. The molecule has 2 rings (SSSR count). The number of rotatable bonds is 3. The number of nitrogens with zero attached hydrogens (tertiary/aromatic N) is 1. The monoisotopic (exact) mass is 324 g/mol. The van der Waals surface area contributed by atoms with Gasteiger partial charge < -0.3 is 5.32 Å². The van der Waals surface area contributed by atoms with Gasteiger partial charge in [-0.05, 0) is 53.0 Å². The first-order chi connectivity index (χ1) is 8.60. The normalized spacial score (nSPS) is 10.4. The first kappa shape index (κ1) is 13.2. The Morgan fingerprint density at radius 2 is 2.28 bits per heavy atom. The zero-order chi connectivity index (χ0) is 13.1. The van der Waals surface area contributed by atoms with Gasteiger partial charge in [-0.3, -0.25) is 4.79 Å². The van der Waals surface area contributed by atoms with Gasteiger partial charge >= 0.3 is 0 Å². The van der Waals surface area contributed by atoms with Crippen molar-refractivity contribution >= 4 is 39.0 Å². The van der Waals surface area contributed by atoms with Crippen molar-refractivity contribution in [2.75, 3.05) is 5.32 Å². The minimum Gasteiger partial charge on any atom is -0.306 e. The predicted molar refractivity (Wildman–Crippen MR) is 78.3 cm³/mol. The number of anilines is 1. The van der Waals surface area contributed by atoms with E-state index in [2.05, 4.69) is 33.2 Å². The highest BCUT2D eigenvalue weighted by atomic mass is 79.9. The minimum atomic E-state index is -0.103. The lowest BCUT2D eigenvalue weighted by atomic mass is 10.3. The molecule has 0 bridgehead atoms. The topological polar surface area (TPSA) is 42.0 Å². The van der Waals surface area contributed by atoms with E-state index in [0.29, 0.717) is 10.7 Å². The lowest BCUT2D eigenvalue weighted by molar-refractivity contribution is 0.103. The van der Waals surface area contributed by atoms with Crippen LogP contribution in [0.1, 0.15) is 27.0 Å². The molecule has 0 saturated heterocycles. The van der Waals surface area contributed by atoms with Crippen LogP contribution in [0.25, 0.3) is 0 Å². The molecule has 0 aliphatic heterocycles. The Bertz CT molecular complexity index is 580. The third kappa shape index (κ3) is 2.97. The SMILES string of the molecule is CCc1ccc(C(=O)Nc2cc(C)c(Br)cn2)s1. The Morgan fingerprint density at radius 1 is 1.50 bits per heavy atom. The van der Waals surface area contributed by atoms with Crippen molar-refractivity contribution in [1.29, 1.82) is 0 Å². The second-order valence-electron chi connectivity index (χ2n) is 3.89. The van der Waals surface area contributed by atoms with Gasteiger partial charge in [0, 0.05) is 15.5 Å². The molecule has 0 unspecified atom stereocenters. The van der Waals surface area contributed by atoms with Crippen LogP contribution in [0.3, 0.4) is 0 Å². The van der Waals surface area contributed by atoms with E-state index in [9.17, 15) is 4.79 Å².